The average Bonchev–Trinajstić information content (AvgIpc) is 2.85. The Kier molecular flexibility index (Phi) is 4.30. The second-order valence-corrected chi connectivity index (χ2v) is 5.91. The molecule has 23 heavy (non-hydrogen) atoms. The van der Waals surface area contributed by atoms with Crippen molar-refractivity contribution in [3.8, 4) is 17.2 Å². The van der Waals surface area contributed by atoms with Gasteiger partial charge in [-0.25, -0.2) is 0 Å². The molecule has 124 valence electrons. The van der Waals surface area contributed by atoms with Gasteiger partial charge < -0.3 is 19.1 Å². The predicted molar refractivity (Wildman–Crippen MR) is 90.5 cm³/mol. The number of thiocarbonyl (C=S) groups is 1. The van der Waals surface area contributed by atoms with Crippen molar-refractivity contribution in [3.05, 3.63) is 12.1 Å². The Morgan fingerprint density at radius 3 is 2.26 bits per heavy atom. The lowest BCUT2D eigenvalue weighted by Crippen LogP contribution is -2.38. The molecule has 0 spiro atoms. The second-order valence-electron chi connectivity index (χ2n) is 5.54. The minimum atomic E-state index is -0.143. The van der Waals surface area contributed by atoms with Gasteiger partial charge in [0.25, 0.3) is 5.91 Å². The number of piperidine rings is 1. The van der Waals surface area contributed by atoms with Gasteiger partial charge >= 0.3 is 0 Å². The van der Waals surface area contributed by atoms with Crippen molar-refractivity contribution in [2.75, 3.05) is 32.8 Å². The van der Waals surface area contributed by atoms with E-state index in [9.17, 15) is 4.79 Å². The van der Waals surface area contributed by atoms with Gasteiger partial charge in [0.1, 0.15) is 6.04 Å². The number of carbonyl (C=O) groups is 1. The van der Waals surface area contributed by atoms with E-state index in [4.69, 9.17) is 26.4 Å². The molecule has 0 saturated carbocycles. The lowest BCUT2D eigenvalue weighted by Gasteiger charge is -2.28. The predicted octanol–water partition coefficient (Wildman–Crippen LogP) is 2.20. The van der Waals surface area contributed by atoms with Crippen LogP contribution in [0.5, 0.6) is 17.2 Å². The molecule has 0 N–H and O–H groups in total. The monoisotopic (exact) mass is 336 g/mol. The summed E-state index contributed by atoms with van der Waals surface area (Å²) in [6.45, 7) is 0.830. The van der Waals surface area contributed by atoms with Crippen LogP contribution in [0.25, 0.3) is 0 Å². The fourth-order valence-electron chi connectivity index (χ4n) is 3.22. The van der Waals surface area contributed by atoms with Crippen molar-refractivity contribution >= 4 is 28.9 Å². The molecule has 2 saturated heterocycles. The zero-order valence-electron chi connectivity index (χ0n) is 13.5. The van der Waals surface area contributed by atoms with E-state index in [0.29, 0.717) is 28.0 Å². The minimum Gasteiger partial charge on any atom is -0.493 e. The molecule has 2 aliphatic heterocycles. The van der Waals surface area contributed by atoms with Crippen LogP contribution in [0, 0.1) is 0 Å². The largest absolute Gasteiger partial charge is 0.493 e. The van der Waals surface area contributed by atoms with Gasteiger partial charge in [-0.2, -0.15) is 0 Å². The second kappa shape index (κ2) is 6.23. The summed E-state index contributed by atoms with van der Waals surface area (Å²) in [6, 6.07) is 3.36. The fourth-order valence-corrected chi connectivity index (χ4v) is 3.64. The molecule has 2 fully saturated rings. The molecule has 7 heteroatoms. The van der Waals surface area contributed by atoms with E-state index in [1.807, 2.05) is 4.90 Å². The quantitative estimate of drug-likeness (QED) is 0.786. The van der Waals surface area contributed by atoms with Crippen molar-refractivity contribution in [2.45, 2.75) is 25.3 Å². The van der Waals surface area contributed by atoms with Crippen molar-refractivity contribution in [3.63, 3.8) is 0 Å². The van der Waals surface area contributed by atoms with Crippen molar-refractivity contribution < 1.29 is 19.0 Å². The van der Waals surface area contributed by atoms with E-state index >= 15 is 0 Å². The average molecular weight is 336 g/mol. The van der Waals surface area contributed by atoms with E-state index in [0.717, 1.165) is 25.8 Å². The van der Waals surface area contributed by atoms with E-state index in [-0.39, 0.29) is 11.9 Å². The number of benzene rings is 1. The summed E-state index contributed by atoms with van der Waals surface area (Å²) in [5.41, 5.74) is 0.643. The zero-order chi connectivity index (χ0) is 16.6. The van der Waals surface area contributed by atoms with Gasteiger partial charge in [0.15, 0.2) is 16.6 Å². The highest BCUT2D eigenvalue weighted by molar-refractivity contribution is 7.80. The Hall–Kier alpha value is -2.02. The first-order chi connectivity index (χ1) is 11.1. The van der Waals surface area contributed by atoms with E-state index in [1.165, 1.54) is 0 Å². The van der Waals surface area contributed by atoms with Crippen LogP contribution in [0.4, 0.5) is 5.69 Å². The number of rotatable bonds is 4. The molecule has 0 radical (unpaired) electrons. The lowest BCUT2D eigenvalue weighted by molar-refractivity contribution is -0.120. The van der Waals surface area contributed by atoms with E-state index in [1.54, 1.807) is 38.4 Å². The van der Waals surface area contributed by atoms with Crippen LogP contribution in [0.3, 0.4) is 0 Å². The maximum atomic E-state index is 12.8. The highest BCUT2D eigenvalue weighted by Gasteiger charge is 2.44. The number of methoxy groups -OCH3 is 3. The van der Waals surface area contributed by atoms with E-state index < -0.39 is 0 Å². The Morgan fingerprint density at radius 1 is 1.09 bits per heavy atom. The highest BCUT2D eigenvalue weighted by Crippen LogP contribution is 2.42. The lowest BCUT2D eigenvalue weighted by atomic mass is 10.0. The standard InChI is InChI=1S/C16H20N2O4S/c1-20-12-8-10(9-13(21-2)14(12)22-3)18-15(19)11-6-4-5-7-17(11)16(18)23/h8-9,11H,4-7H2,1-3H3. The first-order valence-corrected chi connectivity index (χ1v) is 7.97. The van der Waals surface area contributed by atoms with Gasteiger partial charge in [0, 0.05) is 18.7 Å². The maximum absolute atomic E-state index is 12.8. The summed E-state index contributed by atoms with van der Waals surface area (Å²) in [5, 5.41) is 0.550. The van der Waals surface area contributed by atoms with Crippen molar-refractivity contribution in [1.82, 2.24) is 4.90 Å². The molecular formula is C16H20N2O4S. The first kappa shape index (κ1) is 15.9. The SMILES string of the molecule is COc1cc(N2C(=O)C3CCCCN3C2=S)cc(OC)c1OC. The van der Waals surface area contributed by atoms with Crippen LogP contribution >= 0.6 is 12.2 Å². The molecule has 3 rings (SSSR count). The summed E-state index contributed by atoms with van der Waals surface area (Å²) in [6.07, 6.45) is 2.96. The third kappa shape index (κ3) is 2.49. The van der Waals surface area contributed by atoms with Gasteiger partial charge in [-0.3, -0.25) is 9.69 Å². The first-order valence-electron chi connectivity index (χ1n) is 7.57. The Morgan fingerprint density at radius 2 is 1.74 bits per heavy atom. The number of hydrogen-bond acceptors (Lipinski definition) is 5. The van der Waals surface area contributed by atoms with Crippen LogP contribution < -0.4 is 19.1 Å². The molecule has 1 unspecified atom stereocenters. The number of fused-ring (bicyclic) bond motifs is 1. The van der Waals surface area contributed by atoms with Crippen LogP contribution in [0.15, 0.2) is 12.1 Å². The van der Waals surface area contributed by atoms with Gasteiger partial charge in [-0.15, -0.1) is 0 Å². The fraction of sp³-hybridized carbons (Fsp3) is 0.500. The number of anilines is 1. The molecule has 0 aromatic heterocycles. The number of ether oxygens (including phenoxy) is 3. The summed E-state index contributed by atoms with van der Waals surface area (Å²) in [7, 11) is 4.65. The number of nitrogens with zero attached hydrogens (tertiary/aromatic N) is 2. The molecule has 0 bridgehead atoms. The molecular weight excluding hydrogens is 316 g/mol. The van der Waals surface area contributed by atoms with Crippen molar-refractivity contribution in [1.29, 1.82) is 0 Å². The van der Waals surface area contributed by atoms with Gasteiger partial charge in [-0.05, 0) is 31.5 Å². The third-order valence-electron chi connectivity index (χ3n) is 4.35. The van der Waals surface area contributed by atoms with Crippen LogP contribution in [0.1, 0.15) is 19.3 Å². The molecule has 1 amide bonds. The molecule has 6 nitrogen and oxygen atoms in total. The topological polar surface area (TPSA) is 51.2 Å². The summed E-state index contributed by atoms with van der Waals surface area (Å²) >= 11 is 5.54. The van der Waals surface area contributed by atoms with Crippen LogP contribution in [-0.2, 0) is 4.79 Å². The van der Waals surface area contributed by atoms with Crippen LogP contribution in [0.2, 0.25) is 0 Å². The maximum Gasteiger partial charge on any atom is 0.256 e. The summed E-state index contributed by atoms with van der Waals surface area (Å²) < 4.78 is 16.1. The molecule has 1 aromatic rings. The van der Waals surface area contributed by atoms with E-state index in [2.05, 4.69) is 0 Å². The van der Waals surface area contributed by atoms with Gasteiger partial charge in [-0.1, -0.05) is 0 Å². The summed E-state index contributed by atoms with van der Waals surface area (Å²) in [4.78, 5) is 16.4. The normalized spacial score (nSPS) is 20.6. The number of hydrogen-bond donors (Lipinski definition) is 0. The molecule has 2 heterocycles. The van der Waals surface area contributed by atoms with Gasteiger partial charge in [0.05, 0.1) is 27.0 Å². The Bertz CT molecular complexity index is 600. The van der Waals surface area contributed by atoms with Gasteiger partial charge in [0.2, 0.25) is 5.75 Å². The number of amides is 1. The van der Waals surface area contributed by atoms with Crippen molar-refractivity contribution in [2.24, 2.45) is 0 Å². The third-order valence-corrected chi connectivity index (χ3v) is 4.77. The summed E-state index contributed by atoms with van der Waals surface area (Å²) in [5.74, 6) is 1.52. The Balaban J connectivity index is 2.04. The smallest absolute Gasteiger partial charge is 0.256 e. The highest BCUT2D eigenvalue weighted by atomic mass is 32.1. The van der Waals surface area contributed by atoms with Crippen LogP contribution in [-0.4, -0.2) is 49.8 Å². The Labute approximate surface area is 140 Å². The zero-order valence-corrected chi connectivity index (χ0v) is 14.3. The molecule has 0 aliphatic carbocycles. The molecule has 2 aliphatic rings. The number of carbonyl (C=O) groups excluding carboxylic acids is 1. The molecule has 1 aromatic carbocycles. The minimum absolute atomic E-state index is 0.0176. The molecule has 1 atom stereocenters.